The van der Waals surface area contributed by atoms with Crippen molar-refractivity contribution in [2.24, 2.45) is 0 Å². The molecule has 0 aliphatic carbocycles. The van der Waals surface area contributed by atoms with Crippen molar-refractivity contribution in [3.05, 3.63) is 24.2 Å². The molecule has 2 unspecified atom stereocenters. The van der Waals surface area contributed by atoms with Gasteiger partial charge in [0.2, 0.25) is 0 Å². The lowest BCUT2D eigenvalue weighted by Gasteiger charge is -2.39. The Hall–Kier alpha value is -0.840. The van der Waals surface area contributed by atoms with E-state index in [2.05, 4.69) is 28.1 Å². The zero-order valence-corrected chi connectivity index (χ0v) is 12.6. The summed E-state index contributed by atoms with van der Waals surface area (Å²) in [5.41, 5.74) is 0. The number of nitrogens with zero attached hydrogens (tertiary/aromatic N) is 2. The molecule has 0 amide bonds. The fourth-order valence-corrected chi connectivity index (χ4v) is 3.50. The molecule has 4 heteroatoms. The maximum atomic E-state index is 5.74. The third kappa shape index (κ3) is 3.43. The van der Waals surface area contributed by atoms with Crippen molar-refractivity contribution in [1.82, 2.24) is 15.1 Å². The maximum Gasteiger partial charge on any atom is 0.122 e. The fraction of sp³-hybridized carbons (Fsp3) is 0.750. The monoisotopic (exact) mass is 277 g/mol. The topological polar surface area (TPSA) is 31.6 Å². The van der Waals surface area contributed by atoms with Crippen LogP contribution in [0.25, 0.3) is 0 Å². The molecule has 2 atom stereocenters. The molecule has 1 N–H and O–H groups in total. The van der Waals surface area contributed by atoms with E-state index in [1.165, 1.54) is 32.4 Å². The fourth-order valence-electron chi connectivity index (χ4n) is 3.50. The Balaban J connectivity index is 1.69. The average molecular weight is 277 g/mol. The Morgan fingerprint density at radius 3 is 2.85 bits per heavy atom. The Labute approximate surface area is 122 Å². The number of piperidine rings is 1. The Kier molecular flexibility index (Phi) is 4.76. The minimum atomic E-state index is 0.410. The van der Waals surface area contributed by atoms with Crippen LogP contribution in [0, 0.1) is 0 Å². The van der Waals surface area contributed by atoms with E-state index in [4.69, 9.17) is 4.42 Å². The summed E-state index contributed by atoms with van der Waals surface area (Å²) in [5.74, 6) is 1.13. The van der Waals surface area contributed by atoms with Crippen LogP contribution in [-0.4, -0.2) is 55.1 Å². The van der Waals surface area contributed by atoms with E-state index < -0.39 is 0 Å². The molecule has 0 saturated carbocycles. The molecular formula is C16H27N3O. The molecule has 4 nitrogen and oxygen atoms in total. The van der Waals surface area contributed by atoms with Crippen LogP contribution in [0.2, 0.25) is 0 Å². The van der Waals surface area contributed by atoms with Crippen LogP contribution < -0.4 is 5.32 Å². The molecule has 1 aromatic rings. The highest BCUT2D eigenvalue weighted by atomic mass is 16.3. The van der Waals surface area contributed by atoms with E-state index >= 15 is 0 Å². The first-order valence-corrected chi connectivity index (χ1v) is 8.06. The van der Waals surface area contributed by atoms with Crippen LogP contribution in [0.1, 0.15) is 38.0 Å². The predicted octanol–water partition coefficient (Wildman–Crippen LogP) is 2.10. The van der Waals surface area contributed by atoms with E-state index in [9.17, 15) is 0 Å². The normalized spacial score (nSPS) is 27.6. The van der Waals surface area contributed by atoms with Gasteiger partial charge >= 0.3 is 0 Å². The molecule has 112 valence electrons. The number of hydrogen-bond donors (Lipinski definition) is 1. The summed E-state index contributed by atoms with van der Waals surface area (Å²) in [6.07, 6.45) is 5.91. The van der Waals surface area contributed by atoms with Crippen LogP contribution >= 0.6 is 0 Å². The molecule has 0 spiro atoms. The van der Waals surface area contributed by atoms with Crippen molar-refractivity contribution in [2.75, 3.05) is 39.3 Å². The summed E-state index contributed by atoms with van der Waals surface area (Å²) in [4.78, 5) is 5.21. The second-order valence-electron chi connectivity index (χ2n) is 6.24. The Bertz CT molecular complexity index is 386. The van der Waals surface area contributed by atoms with Gasteiger partial charge in [0.1, 0.15) is 5.76 Å². The van der Waals surface area contributed by atoms with Crippen molar-refractivity contribution in [2.45, 2.75) is 38.3 Å². The van der Waals surface area contributed by atoms with Gasteiger partial charge < -0.3 is 14.6 Å². The van der Waals surface area contributed by atoms with E-state index in [1.807, 2.05) is 12.3 Å². The van der Waals surface area contributed by atoms with Crippen LogP contribution in [0.15, 0.2) is 22.8 Å². The molecule has 1 aromatic heterocycles. The van der Waals surface area contributed by atoms with Crippen molar-refractivity contribution < 1.29 is 4.42 Å². The van der Waals surface area contributed by atoms with Gasteiger partial charge in [-0.3, -0.25) is 4.90 Å². The van der Waals surface area contributed by atoms with Crippen LogP contribution in [0.3, 0.4) is 0 Å². The van der Waals surface area contributed by atoms with Gasteiger partial charge in [-0.05, 0) is 45.0 Å². The van der Waals surface area contributed by atoms with Gasteiger partial charge in [0.25, 0.3) is 0 Å². The number of likely N-dealkylation sites (tertiary alicyclic amines) is 1. The summed E-state index contributed by atoms with van der Waals surface area (Å²) in [5, 5.41) is 3.53. The first-order valence-electron chi connectivity index (χ1n) is 8.06. The minimum Gasteiger partial charge on any atom is -0.468 e. The maximum absolute atomic E-state index is 5.74. The van der Waals surface area contributed by atoms with Crippen molar-refractivity contribution in [3.8, 4) is 0 Å². The van der Waals surface area contributed by atoms with Crippen molar-refractivity contribution >= 4 is 0 Å². The number of nitrogens with one attached hydrogen (secondary N) is 1. The minimum absolute atomic E-state index is 0.410. The molecule has 3 rings (SSSR count). The largest absolute Gasteiger partial charge is 0.468 e. The third-order valence-electron chi connectivity index (χ3n) is 4.59. The Morgan fingerprint density at radius 1 is 1.30 bits per heavy atom. The molecule has 2 aliphatic rings. The van der Waals surface area contributed by atoms with E-state index in [1.54, 1.807) is 0 Å². The highest BCUT2D eigenvalue weighted by molar-refractivity contribution is 5.06. The molecule has 20 heavy (non-hydrogen) atoms. The van der Waals surface area contributed by atoms with Gasteiger partial charge in [-0.25, -0.2) is 0 Å². The highest BCUT2D eigenvalue weighted by Gasteiger charge is 2.28. The second kappa shape index (κ2) is 6.74. The molecule has 2 fully saturated rings. The lowest BCUT2D eigenvalue weighted by Crippen LogP contribution is -2.52. The first-order chi connectivity index (χ1) is 9.83. The zero-order valence-electron chi connectivity index (χ0n) is 12.6. The second-order valence-corrected chi connectivity index (χ2v) is 6.24. The number of furan rings is 1. The first kappa shape index (κ1) is 14.1. The van der Waals surface area contributed by atoms with Crippen molar-refractivity contribution in [3.63, 3.8) is 0 Å². The summed E-state index contributed by atoms with van der Waals surface area (Å²) in [6, 6.07) is 5.14. The lowest BCUT2D eigenvalue weighted by molar-refractivity contribution is 0.0879. The van der Waals surface area contributed by atoms with Gasteiger partial charge in [0.15, 0.2) is 0 Å². The Morgan fingerprint density at radius 2 is 2.15 bits per heavy atom. The number of hydrogen-bond acceptors (Lipinski definition) is 4. The molecule has 0 bridgehead atoms. The number of piperazine rings is 1. The third-order valence-corrected chi connectivity index (χ3v) is 4.59. The van der Waals surface area contributed by atoms with Crippen LogP contribution in [-0.2, 0) is 0 Å². The van der Waals surface area contributed by atoms with Crippen LogP contribution in [0.5, 0.6) is 0 Å². The smallest absolute Gasteiger partial charge is 0.122 e. The van der Waals surface area contributed by atoms with Gasteiger partial charge in [-0.15, -0.1) is 0 Å². The summed E-state index contributed by atoms with van der Waals surface area (Å²) in [6.45, 7) is 9.19. The predicted molar refractivity (Wildman–Crippen MR) is 80.8 cm³/mol. The summed E-state index contributed by atoms with van der Waals surface area (Å²) < 4.78 is 5.74. The van der Waals surface area contributed by atoms with Gasteiger partial charge in [0, 0.05) is 32.2 Å². The molecule has 0 aromatic carbocycles. The van der Waals surface area contributed by atoms with Gasteiger partial charge in [0.05, 0.1) is 12.3 Å². The summed E-state index contributed by atoms with van der Waals surface area (Å²) >= 11 is 0. The molecular weight excluding hydrogens is 250 g/mol. The molecule has 3 heterocycles. The standard InChI is InChI=1S/C16H27N3O/c1-14-12-19(10-7-17-14)15(16-6-5-11-20-16)13-18-8-3-2-4-9-18/h5-6,11,14-15,17H,2-4,7-10,12-13H2,1H3. The molecule has 2 aliphatic heterocycles. The molecule has 2 saturated heterocycles. The van der Waals surface area contributed by atoms with Gasteiger partial charge in [-0.1, -0.05) is 6.42 Å². The van der Waals surface area contributed by atoms with E-state index in [-0.39, 0.29) is 0 Å². The van der Waals surface area contributed by atoms with E-state index in [0.717, 1.165) is 31.9 Å². The quantitative estimate of drug-likeness (QED) is 0.913. The summed E-state index contributed by atoms with van der Waals surface area (Å²) in [7, 11) is 0. The van der Waals surface area contributed by atoms with Crippen LogP contribution in [0.4, 0.5) is 0 Å². The number of rotatable bonds is 4. The SMILES string of the molecule is CC1CN(C(CN2CCCCC2)c2ccco2)CCN1. The average Bonchev–Trinajstić information content (AvgIpc) is 3.00. The van der Waals surface area contributed by atoms with Crippen molar-refractivity contribution in [1.29, 1.82) is 0 Å². The highest BCUT2D eigenvalue weighted by Crippen LogP contribution is 2.25. The van der Waals surface area contributed by atoms with Gasteiger partial charge in [-0.2, -0.15) is 0 Å². The molecule has 0 radical (unpaired) electrons. The lowest BCUT2D eigenvalue weighted by atomic mass is 10.1. The van der Waals surface area contributed by atoms with E-state index in [0.29, 0.717) is 12.1 Å². The zero-order chi connectivity index (χ0) is 13.8.